The lowest BCUT2D eigenvalue weighted by atomic mass is 10.1. The van der Waals surface area contributed by atoms with Gasteiger partial charge in [-0.15, -0.1) is 11.3 Å². The average Bonchev–Trinajstić information content (AvgIpc) is 3.23. The molecule has 0 unspecified atom stereocenters. The second-order valence-electron chi connectivity index (χ2n) is 5.48. The van der Waals surface area contributed by atoms with E-state index < -0.39 is 0 Å². The third-order valence-electron chi connectivity index (χ3n) is 3.81. The molecule has 0 aliphatic carbocycles. The Morgan fingerprint density at radius 1 is 1.43 bits per heavy atom. The Labute approximate surface area is 138 Å². The van der Waals surface area contributed by atoms with Crippen molar-refractivity contribution in [2.45, 2.75) is 32.4 Å². The molecular weight excluding hydrogens is 312 g/mol. The molecule has 0 spiro atoms. The molecule has 1 atom stereocenters. The first-order valence-electron chi connectivity index (χ1n) is 7.55. The minimum absolute atomic E-state index is 0.0469. The van der Waals surface area contributed by atoms with Crippen LogP contribution in [0.2, 0.25) is 0 Å². The first kappa shape index (κ1) is 15.6. The standard InChI is InChI=1S/C16H18N4O2S/c1-11(21)18-9-12-8-17-10-13(19-12)14-4-2-6-20(14)16(22)15-5-3-7-23-15/h3,5,7-8,10,14H,2,4,6,9H2,1H3,(H,18,21)/t14-/m0/s1. The minimum atomic E-state index is -0.104. The lowest BCUT2D eigenvalue weighted by Gasteiger charge is -2.23. The molecule has 0 bridgehead atoms. The highest BCUT2D eigenvalue weighted by molar-refractivity contribution is 7.12. The molecule has 2 amide bonds. The van der Waals surface area contributed by atoms with Crippen LogP contribution in [0.5, 0.6) is 0 Å². The quantitative estimate of drug-likeness (QED) is 0.932. The van der Waals surface area contributed by atoms with Crippen molar-refractivity contribution in [3.8, 4) is 0 Å². The van der Waals surface area contributed by atoms with Gasteiger partial charge in [0.2, 0.25) is 5.91 Å². The van der Waals surface area contributed by atoms with Gasteiger partial charge in [0.15, 0.2) is 0 Å². The molecule has 1 aliphatic heterocycles. The van der Waals surface area contributed by atoms with Crippen LogP contribution in [-0.4, -0.2) is 33.2 Å². The zero-order chi connectivity index (χ0) is 16.2. The van der Waals surface area contributed by atoms with Crippen LogP contribution in [0.15, 0.2) is 29.9 Å². The predicted octanol–water partition coefficient (Wildman–Crippen LogP) is 2.15. The third kappa shape index (κ3) is 3.56. The maximum absolute atomic E-state index is 12.6. The molecule has 23 heavy (non-hydrogen) atoms. The van der Waals surface area contributed by atoms with Crippen LogP contribution in [0.3, 0.4) is 0 Å². The summed E-state index contributed by atoms with van der Waals surface area (Å²) in [4.78, 5) is 35.1. The molecule has 2 aromatic heterocycles. The normalized spacial score (nSPS) is 17.3. The number of likely N-dealkylation sites (tertiary alicyclic amines) is 1. The van der Waals surface area contributed by atoms with Crippen LogP contribution in [0.4, 0.5) is 0 Å². The largest absolute Gasteiger partial charge is 0.351 e. The van der Waals surface area contributed by atoms with Gasteiger partial charge < -0.3 is 10.2 Å². The van der Waals surface area contributed by atoms with Crippen LogP contribution in [-0.2, 0) is 11.3 Å². The number of nitrogens with one attached hydrogen (secondary N) is 1. The minimum Gasteiger partial charge on any atom is -0.351 e. The lowest BCUT2D eigenvalue weighted by molar-refractivity contribution is -0.119. The van der Waals surface area contributed by atoms with E-state index in [0.29, 0.717) is 12.2 Å². The van der Waals surface area contributed by atoms with E-state index in [4.69, 9.17) is 0 Å². The van der Waals surface area contributed by atoms with Gasteiger partial charge in [-0.25, -0.2) is 0 Å². The van der Waals surface area contributed by atoms with Crippen molar-refractivity contribution in [2.24, 2.45) is 0 Å². The van der Waals surface area contributed by atoms with Crippen molar-refractivity contribution in [2.75, 3.05) is 6.54 Å². The second kappa shape index (κ2) is 6.87. The summed E-state index contributed by atoms with van der Waals surface area (Å²) in [7, 11) is 0. The highest BCUT2D eigenvalue weighted by atomic mass is 32.1. The van der Waals surface area contributed by atoms with Gasteiger partial charge >= 0.3 is 0 Å². The Hall–Kier alpha value is -2.28. The van der Waals surface area contributed by atoms with Gasteiger partial charge in [0.1, 0.15) is 0 Å². The van der Waals surface area contributed by atoms with Crippen molar-refractivity contribution < 1.29 is 9.59 Å². The zero-order valence-corrected chi connectivity index (χ0v) is 13.7. The van der Waals surface area contributed by atoms with Gasteiger partial charge in [0.25, 0.3) is 5.91 Å². The summed E-state index contributed by atoms with van der Waals surface area (Å²) in [6, 6.07) is 3.69. The van der Waals surface area contributed by atoms with Gasteiger partial charge in [-0.05, 0) is 24.3 Å². The van der Waals surface area contributed by atoms with Gasteiger partial charge in [-0.2, -0.15) is 0 Å². The SMILES string of the molecule is CC(=O)NCc1cncc([C@@H]2CCCN2C(=O)c2cccs2)n1. The number of hydrogen-bond donors (Lipinski definition) is 1. The maximum Gasteiger partial charge on any atom is 0.264 e. The summed E-state index contributed by atoms with van der Waals surface area (Å²) < 4.78 is 0. The van der Waals surface area contributed by atoms with Crippen LogP contribution >= 0.6 is 11.3 Å². The molecule has 1 aliphatic rings. The van der Waals surface area contributed by atoms with Crippen LogP contribution in [0, 0.1) is 0 Å². The summed E-state index contributed by atoms with van der Waals surface area (Å²) in [6.45, 7) is 2.55. The molecule has 0 radical (unpaired) electrons. The van der Waals surface area contributed by atoms with E-state index in [9.17, 15) is 9.59 Å². The number of thiophene rings is 1. The fraction of sp³-hybridized carbons (Fsp3) is 0.375. The molecular formula is C16H18N4O2S. The second-order valence-corrected chi connectivity index (χ2v) is 6.43. The number of rotatable bonds is 4. The summed E-state index contributed by atoms with van der Waals surface area (Å²) in [6.07, 6.45) is 5.19. The molecule has 120 valence electrons. The zero-order valence-electron chi connectivity index (χ0n) is 12.9. The van der Waals surface area contributed by atoms with Gasteiger partial charge in [0.05, 0.1) is 41.2 Å². The fourth-order valence-electron chi connectivity index (χ4n) is 2.74. The molecule has 3 rings (SSSR count). The van der Waals surface area contributed by atoms with Gasteiger partial charge in [-0.1, -0.05) is 6.07 Å². The number of hydrogen-bond acceptors (Lipinski definition) is 5. The molecule has 1 fully saturated rings. The lowest BCUT2D eigenvalue weighted by Crippen LogP contribution is -2.30. The highest BCUT2D eigenvalue weighted by Crippen LogP contribution is 2.32. The van der Waals surface area contributed by atoms with Crippen LogP contribution in [0.1, 0.15) is 46.9 Å². The summed E-state index contributed by atoms with van der Waals surface area (Å²) in [5.74, 6) is -0.0517. The average molecular weight is 330 g/mol. The number of aromatic nitrogens is 2. The molecule has 3 heterocycles. The van der Waals surface area contributed by atoms with Crippen molar-refractivity contribution in [3.05, 3.63) is 46.2 Å². The topological polar surface area (TPSA) is 75.2 Å². The number of carbonyl (C=O) groups is 2. The Balaban J connectivity index is 1.78. The van der Waals surface area contributed by atoms with Crippen molar-refractivity contribution >= 4 is 23.2 Å². The third-order valence-corrected chi connectivity index (χ3v) is 4.67. The summed E-state index contributed by atoms with van der Waals surface area (Å²) >= 11 is 1.45. The number of carbonyl (C=O) groups excluding carboxylic acids is 2. The fourth-order valence-corrected chi connectivity index (χ4v) is 3.42. The Morgan fingerprint density at radius 3 is 3.04 bits per heavy atom. The molecule has 2 aromatic rings. The van der Waals surface area contributed by atoms with E-state index in [1.165, 1.54) is 18.3 Å². The van der Waals surface area contributed by atoms with E-state index in [2.05, 4.69) is 15.3 Å². The van der Waals surface area contributed by atoms with Gasteiger partial charge in [-0.3, -0.25) is 19.6 Å². The highest BCUT2D eigenvalue weighted by Gasteiger charge is 2.32. The van der Waals surface area contributed by atoms with E-state index >= 15 is 0 Å². The first-order chi connectivity index (χ1) is 11.1. The van der Waals surface area contributed by atoms with Crippen LogP contribution in [0.25, 0.3) is 0 Å². The predicted molar refractivity (Wildman–Crippen MR) is 86.9 cm³/mol. The number of nitrogens with zero attached hydrogens (tertiary/aromatic N) is 3. The van der Waals surface area contributed by atoms with E-state index in [1.54, 1.807) is 12.4 Å². The molecule has 7 heteroatoms. The first-order valence-corrected chi connectivity index (χ1v) is 8.43. The summed E-state index contributed by atoms with van der Waals surface area (Å²) in [5, 5.41) is 4.62. The Kier molecular flexibility index (Phi) is 4.66. The maximum atomic E-state index is 12.6. The Morgan fingerprint density at radius 2 is 2.30 bits per heavy atom. The monoisotopic (exact) mass is 330 g/mol. The van der Waals surface area contributed by atoms with Gasteiger partial charge in [0, 0.05) is 13.5 Å². The Bertz CT molecular complexity index is 702. The molecule has 0 aromatic carbocycles. The number of amides is 2. The van der Waals surface area contributed by atoms with Crippen molar-refractivity contribution in [1.29, 1.82) is 0 Å². The smallest absolute Gasteiger partial charge is 0.264 e. The molecule has 1 N–H and O–H groups in total. The van der Waals surface area contributed by atoms with Crippen molar-refractivity contribution in [3.63, 3.8) is 0 Å². The summed E-state index contributed by atoms with van der Waals surface area (Å²) in [5.41, 5.74) is 1.49. The van der Waals surface area contributed by atoms with Crippen molar-refractivity contribution in [1.82, 2.24) is 20.2 Å². The molecule has 1 saturated heterocycles. The van der Waals surface area contributed by atoms with E-state index in [0.717, 1.165) is 30.0 Å². The van der Waals surface area contributed by atoms with Crippen LogP contribution < -0.4 is 5.32 Å². The van der Waals surface area contributed by atoms with E-state index in [-0.39, 0.29) is 17.9 Å². The molecule has 0 saturated carbocycles. The molecule has 6 nitrogen and oxygen atoms in total. The van der Waals surface area contributed by atoms with E-state index in [1.807, 2.05) is 22.4 Å².